The maximum Gasteiger partial charge on any atom is 0.265 e. The third-order valence-electron chi connectivity index (χ3n) is 4.70. The van der Waals surface area contributed by atoms with Crippen LogP contribution >= 0.6 is 0 Å². The topological polar surface area (TPSA) is 76.7 Å². The molecule has 0 aromatic heterocycles. The van der Waals surface area contributed by atoms with Gasteiger partial charge in [0.2, 0.25) is 0 Å². The summed E-state index contributed by atoms with van der Waals surface area (Å²) in [6, 6.07) is 23.7. The van der Waals surface area contributed by atoms with Crippen molar-refractivity contribution in [1.82, 2.24) is 0 Å². The number of hydrogen-bond donors (Lipinski definition) is 2. The zero-order chi connectivity index (χ0) is 22.2. The first-order valence-corrected chi connectivity index (χ1v) is 10.1. The van der Waals surface area contributed by atoms with Crippen molar-refractivity contribution in [3.05, 3.63) is 84.4 Å². The molecule has 3 aromatic rings. The standard InChI is InChI=1S/C25H26N2O4/c1-17-22(26-24(28)18(2)30-20-11-6-4-7-12-20)15-10-16-23(17)27-25(29)19(3)31-21-13-8-5-9-14-21/h4-16,18-19H,1-3H3,(H,26,28)(H,27,29)/t18-,19-/m0/s1. The summed E-state index contributed by atoms with van der Waals surface area (Å²) >= 11 is 0. The van der Waals surface area contributed by atoms with E-state index in [9.17, 15) is 9.59 Å². The lowest BCUT2D eigenvalue weighted by Gasteiger charge is -2.18. The molecular formula is C25H26N2O4. The van der Waals surface area contributed by atoms with Gasteiger partial charge in [-0.05, 0) is 62.7 Å². The minimum absolute atomic E-state index is 0.281. The predicted octanol–water partition coefficient (Wildman–Crippen LogP) is 4.81. The molecule has 6 nitrogen and oxygen atoms in total. The van der Waals surface area contributed by atoms with E-state index in [1.54, 1.807) is 56.3 Å². The fourth-order valence-corrected chi connectivity index (χ4v) is 2.89. The highest BCUT2D eigenvalue weighted by molar-refractivity contribution is 5.98. The van der Waals surface area contributed by atoms with Crippen LogP contribution < -0.4 is 20.1 Å². The van der Waals surface area contributed by atoms with E-state index in [1.165, 1.54) is 0 Å². The van der Waals surface area contributed by atoms with E-state index in [1.807, 2.05) is 43.3 Å². The van der Waals surface area contributed by atoms with Crippen molar-refractivity contribution in [3.63, 3.8) is 0 Å². The van der Waals surface area contributed by atoms with E-state index < -0.39 is 12.2 Å². The van der Waals surface area contributed by atoms with Gasteiger partial charge in [-0.25, -0.2) is 0 Å². The molecule has 0 saturated carbocycles. The van der Waals surface area contributed by atoms with Gasteiger partial charge < -0.3 is 20.1 Å². The largest absolute Gasteiger partial charge is 0.481 e. The van der Waals surface area contributed by atoms with Crippen LogP contribution in [-0.4, -0.2) is 24.0 Å². The van der Waals surface area contributed by atoms with Gasteiger partial charge in [-0.2, -0.15) is 0 Å². The summed E-state index contributed by atoms with van der Waals surface area (Å²) < 4.78 is 11.3. The molecule has 0 bridgehead atoms. The summed E-state index contributed by atoms with van der Waals surface area (Å²) in [5.74, 6) is 0.679. The lowest BCUT2D eigenvalue weighted by atomic mass is 10.1. The highest BCUT2D eigenvalue weighted by Crippen LogP contribution is 2.24. The van der Waals surface area contributed by atoms with Gasteiger partial charge in [-0.1, -0.05) is 42.5 Å². The zero-order valence-electron chi connectivity index (χ0n) is 17.8. The van der Waals surface area contributed by atoms with Crippen LogP contribution in [0.5, 0.6) is 11.5 Å². The SMILES string of the molecule is Cc1c(NC(=O)[C@H](C)Oc2ccccc2)cccc1NC(=O)[C@H](C)Oc1ccccc1. The Morgan fingerprint density at radius 3 is 1.42 bits per heavy atom. The second-order valence-corrected chi connectivity index (χ2v) is 7.10. The summed E-state index contributed by atoms with van der Waals surface area (Å²) in [5.41, 5.74) is 1.94. The van der Waals surface area contributed by atoms with Gasteiger partial charge in [-0.15, -0.1) is 0 Å². The third-order valence-corrected chi connectivity index (χ3v) is 4.70. The number of hydrogen-bond acceptors (Lipinski definition) is 4. The molecular weight excluding hydrogens is 392 g/mol. The molecule has 3 aromatic carbocycles. The second-order valence-electron chi connectivity index (χ2n) is 7.10. The number of anilines is 2. The third kappa shape index (κ3) is 6.09. The van der Waals surface area contributed by atoms with Crippen LogP contribution in [0.4, 0.5) is 11.4 Å². The molecule has 0 radical (unpaired) electrons. The minimum atomic E-state index is -0.681. The summed E-state index contributed by atoms with van der Waals surface area (Å²) in [7, 11) is 0. The van der Waals surface area contributed by atoms with E-state index in [4.69, 9.17) is 9.47 Å². The smallest absolute Gasteiger partial charge is 0.265 e. The summed E-state index contributed by atoms with van der Waals surface area (Å²) in [4.78, 5) is 25.1. The Morgan fingerprint density at radius 1 is 0.645 bits per heavy atom. The summed E-state index contributed by atoms with van der Waals surface area (Å²) in [5, 5.41) is 5.73. The zero-order valence-corrected chi connectivity index (χ0v) is 17.8. The van der Waals surface area contributed by atoms with Crippen molar-refractivity contribution in [1.29, 1.82) is 0 Å². The average molecular weight is 418 g/mol. The van der Waals surface area contributed by atoms with E-state index in [0.717, 1.165) is 5.56 Å². The van der Waals surface area contributed by atoms with E-state index >= 15 is 0 Å². The van der Waals surface area contributed by atoms with Crippen LogP contribution in [0.3, 0.4) is 0 Å². The molecule has 0 aliphatic heterocycles. The Bertz CT molecular complexity index is 942. The van der Waals surface area contributed by atoms with Crippen molar-refractivity contribution < 1.29 is 19.1 Å². The molecule has 0 aliphatic carbocycles. The molecule has 0 saturated heterocycles. The maximum atomic E-state index is 12.6. The van der Waals surface area contributed by atoms with E-state index in [0.29, 0.717) is 22.9 Å². The van der Waals surface area contributed by atoms with Gasteiger partial charge in [-0.3, -0.25) is 9.59 Å². The molecule has 2 N–H and O–H groups in total. The van der Waals surface area contributed by atoms with E-state index in [2.05, 4.69) is 10.6 Å². The molecule has 0 fully saturated rings. The Labute approximate surface area is 182 Å². The molecule has 0 aliphatic rings. The molecule has 31 heavy (non-hydrogen) atoms. The van der Waals surface area contributed by atoms with Crippen molar-refractivity contribution in [2.75, 3.05) is 10.6 Å². The minimum Gasteiger partial charge on any atom is -0.481 e. The Balaban J connectivity index is 1.62. The van der Waals surface area contributed by atoms with Crippen molar-refractivity contribution in [3.8, 4) is 11.5 Å². The Kier molecular flexibility index (Phi) is 7.27. The van der Waals surface area contributed by atoms with Gasteiger partial charge in [0.25, 0.3) is 11.8 Å². The van der Waals surface area contributed by atoms with Crippen LogP contribution in [0.25, 0.3) is 0 Å². The molecule has 2 amide bonds. The molecule has 160 valence electrons. The summed E-state index contributed by atoms with van der Waals surface area (Å²) in [6.07, 6.45) is -1.36. The van der Waals surface area contributed by atoms with Crippen LogP contribution in [0.15, 0.2) is 78.9 Å². The van der Waals surface area contributed by atoms with Crippen molar-refractivity contribution in [2.45, 2.75) is 33.0 Å². The van der Waals surface area contributed by atoms with Crippen LogP contribution in [0.2, 0.25) is 0 Å². The van der Waals surface area contributed by atoms with Gasteiger partial charge in [0.15, 0.2) is 12.2 Å². The van der Waals surface area contributed by atoms with Crippen LogP contribution in [0.1, 0.15) is 19.4 Å². The first kappa shape index (κ1) is 21.9. The number of benzene rings is 3. The Morgan fingerprint density at radius 2 is 1.03 bits per heavy atom. The highest BCUT2D eigenvalue weighted by atomic mass is 16.5. The van der Waals surface area contributed by atoms with Gasteiger partial charge in [0.05, 0.1) is 0 Å². The number of rotatable bonds is 8. The normalized spacial score (nSPS) is 12.4. The average Bonchev–Trinajstić information content (AvgIpc) is 2.77. The molecule has 3 rings (SSSR count). The highest BCUT2D eigenvalue weighted by Gasteiger charge is 2.19. The number of amides is 2. The monoisotopic (exact) mass is 418 g/mol. The van der Waals surface area contributed by atoms with Gasteiger partial charge in [0, 0.05) is 11.4 Å². The molecule has 0 spiro atoms. The molecule has 6 heteroatoms. The first-order chi connectivity index (χ1) is 14.9. The van der Waals surface area contributed by atoms with Crippen LogP contribution in [0, 0.1) is 6.92 Å². The summed E-state index contributed by atoms with van der Waals surface area (Å²) in [6.45, 7) is 5.20. The van der Waals surface area contributed by atoms with Crippen molar-refractivity contribution >= 4 is 23.2 Å². The number of nitrogens with one attached hydrogen (secondary N) is 2. The van der Waals surface area contributed by atoms with Crippen LogP contribution in [-0.2, 0) is 9.59 Å². The van der Waals surface area contributed by atoms with E-state index in [-0.39, 0.29) is 11.8 Å². The molecule has 0 unspecified atom stereocenters. The number of carbonyl (C=O) groups excluding carboxylic acids is 2. The fraction of sp³-hybridized carbons (Fsp3) is 0.200. The number of ether oxygens (including phenoxy) is 2. The molecule has 0 heterocycles. The molecule has 2 atom stereocenters. The van der Waals surface area contributed by atoms with Gasteiger partial charge >= 0.3 is 0 Å². The quantitative estimate of drug-likeness (QED) is 0.551. The first-order valence-electron chi connectivity index (χ1n) is 10.1. The maximum absolute atomic E-state index is 12.6. The number of carbonyl (C=O) groups is 2. The second kappa shape index (κ2) is 10.3. The number of para-hydroxylation sites is 2. The fourth-order valence-electron chi connectivity index (χ4n) is 2.89. The van der Waals surface area contributed by atoms with Gasteiger partial charge in [0.1, 0.15) is 11.5 Å². The van der Waals surface area contributed by atoms with Crippen molar-refractivity contribution in [2.24, 2.45) is 0 Å². The lowest BCUT2D eigenvalue weighted by molar-refractivity contribution is -0.122. The lowest BCUT2D eigenvalue weighted by Crippen LogP contribution is -2.31. The Hall–Kier alpha value is -3.80. The predicted molar refractivity (Wildman–Crippen MR) is 122 cm³/mol.